The van der Waals surface area contributed by atoms with E-state index in [1.54, 1.807) is 0 Å². The number of rotatable bonds is 6. The van der Waals surface area contributed by atoms with Gasteiger partial charge in [0.25, 0.3) is 0 Å². The Bertz CT molecular complexity index is 310. The van der Waals surface area contributed by atoms with E-state index in [9.17, 15) is 8.78 Å². The molecule has 2 aliphatic rings. The number of ether oxygens (including phenoxy) is 1. The molecule has 0 heterocycles. The molecule has 2 fully saturated rings. The fourth-order valence-electron chi connectivity index (χ4n) is 4.02. The van der Waals surface area contributed by atoms with Crippen LogP contribution in [0.25, 0.3) is 0 Å². The fraction of sp³-hybridized carbons (Fsp3) is 1.00. The van der Waals surface area contributed by atoms with E-state index in [0.29, 0.717) is 11.8 Å². The molecule has 0 N–H and O–H groups in total. The van der Waals surface area contributed by atoms with Crippen molar-refractivity contribution in [1.82, 2.24) is 0 Å². The molecule has 0 aromatic rings. The van der Waals surface area contributed by atoms with Crippen LogP contribution in [0.3, 0.4) is 0 Å². The third-order valence-corrected chi connectivity index (χ3v) is 4.96. The average molecular weight is 310 g/mol. The van der Waals surface area contributed by atoms with Gasteiger partial charge in [0.05, 0.1) is 12.7 Å². The molecule has 2 unspecified atom stereocenters. The molecule has 20 heavy (non-hydrogen) atoms. The van der Waals surface area contributed by atoms with E-state index in [1.807, 2.05) is 6.92 Å². The molecule has 2 bridgehead atoms. The van der Waals surface area contributed by atoms with Crippen molar-refractivity contribution >= 4 is 12.0 Å². The van der Waals surface area contributed by atoms with Crippen molar-refractivity contribution in [2.24, 2.45) is 17.8 Å². The molecule has 0 spiro atoms. The van der Waals surface area contributed by atoms with Gasteiger partial charge in [-0.2, -0.15) is 13.1 Å². The minimum Gasteiger partial charge on any atom is -0.368 e. The van der Waals surface area contributed by atoms with Crippen molar-refractivity contribution in [2.75, 3.05) is 13.7 Å². The Morgan fingerprint density at radius 2 is 1.80 bits per heavy atom. The Morgan fingerprint density at radius 1 is 1.20 bits per heavy atom. The van der Waals surface area contributed by atoms with Gasteiger partial charge in [0.2, 0.25) is 0 Å². The predicted octanol–water partition coefficient (Wildman–Crippen LogP) is 4.43. The van der Waals surface area contributed by atoms with Crippen LogP contribution in [0.4, 0.5) is 8.78 Å². The van der Waals surface area contributed by atoms with Crippen LogP contribution in [0.2, 0.25) is 0 Å². The molecular formula is C14H24F2O3S. The maximum absolute atomic E-state index is 13.5. The molecule has 2 rings (SSSR count). The van der Waals surface area contributed by atoms with Crippen LogP contribution in [0.15, 0.2) is 0 Å². The van der Waals surface area contributed by atoms with Gasteiger partial charge in [-0.25, -0.2) is 4.89 Å². The Kier molecular flexibility index (Phi) is 5.32. The second kappa shape index (κ2) is 6.46. The second-order valence-electron chi connectivity index (χ2n) is 6.65. The van der Waals surface area contributed by atoms with Gasteiger partial charge in [-0.15, -0.1) is 0 Å². The molecule has 2 saturated carbocycles. The zero-order chi connectivity index (χ0) is 14.8. The highest BCUT2D eigenvalue weighted by Crippen LogP contribution is 2.48. The summed E-state index contributed by atoms with van der Waals surface area (Å²) >= 11 is 0.00716. The van der Waals surface area contributed by atoms with Gasteiger partial charge in [0.15, 0.2) is 0 Å². The number of hydrogen-bond acceptors (Lipinski definition) is 4. The summed E-state index contributed by atoms with van der Waals surface area (Å²) in [4.78, 5) is 4.19. The van der Waals surface area contributed by atoms with Crippen molar-refractivity contribution in [3.05, 3.63) is 0 Å². The minimum absolute atomic E-state index is 0.00716. The standard InChI is InChI=1S/C14H24F2O3S/c1-10-4-11-6-12(5-10)8-13(2,7-11)18-9-14(15,16)20-19-17-3/h10-12H,4-9H2,1-3H3. The Hall–Kier alpha value is 0.0900. The third kappa shape index (κ3) is 4.55. The smallest absolute Gasteiger partial charge is 0.343 e. The first-order valence-corrected chi connectivity index (χ1v) is 7.96. The average Bonchev–Trinajstić information content (AvgIpc) is 2.33. The lowest BCUT2D eigenvalue weighted by Crippen LogP contribution is -2.44. The normalized spacial score (nSPS) is 38.0. The quantitative estimate of drug-likeness (QED) is 0.412. The SMILES string of the molecule is COOSC(F)(F)COC1(C)CC2CC(C)CC(C2)C1. The van der Waals surface area contributed by atoms with Crippen LogP contribution < -0.4 is 0 Å². The van der Waals surface area contributed by atoms with Crippen molar-refractivity contribution in [1.29, 1.82) is 0 Å². The summed E-state index contributed by atoms with van der Waals surface area (Å²) in [6, 6.07) is 0. The first-order valence-electron chi connectivity index (χ1n) is 7.22. The zero-order valence-electron chi connectivity index (χ0n) is 12.4. The highest BCUT2D eigenvalue weighted by Gasteiger charge is 2.44. The van der Waals surface area contributed by atoms with Crippen LogP contribution >= 0.6 is 12.0 Å². The molecule has 0 radical (unpaired) electrons. The molecular weight excluding hydrogens is 286 g/mol. The summed E-state index contributed by atoms with van der Waals surface area (Å²) in [6.45, 7) is 3.63. The molecule has 3 nitrogen and oxygen atoms in total. The van der Waals surface area contributed by atoms with E-state index < -0.39 is 17.5 Å². The van der Waals surface area contributed by atoms with Crippen molar-refractivity contribution in [3.8, 4) is 0 Å². The fourth-order valence-corrected chi connectivity index (χ4v) is 4.29. The number of halogens is 2. The molecule has 0 saturated heterocycles. The highest BCUT2D eigenvalue weighted by molar-refractivity contribution is 7.95. The predicted molar refractivity (Wildman–Crippen MR) is 74.2 cm³/mol. The maximum Gasteiger partial charge on any atom is 0.343 e. The van der Waals surface area contributed by atoms with Crippen molar-refractivity contribution < 1.29 is 22.7 Å². The first kappa shape index (κ1) is 16.5. The van der Waals surface area contributed by atoms with Crippen LogP contribution in [-0.2, 0) is 14.0 Å². The summed E-state index contributed by atoms with van der Waals surface area (Å²) in [7, 11) is 1.20. The minimum atomic E-state index is -3.08. The van der Waals surface area contributed by atoms with Crippen LogP contribution in [0.5, 0.6) is 0 Å². The number of fused-ring (bicyclic) bond motifs is 2. The van der Waals surface area contributed by atoms with Crippen LogP contribution in [0, 0.1) is 17.8 Å². The number of hydrogen-bond donors (Lipinski definition) is 0. The Balaban J connectivity index is 1.86. The first-order chi connectivity index (χ1) is 9.32. The third-order valence-electron chi connectivity index (χ3n) is 4.39. The van der Waals surface area contributed by atoms with Crippen LogP contribution in [-0.4, -0.2) is 24.6 Å². The van der Waals surface area contributed by atoms with Gasteiger partial charge in [-0.3, -0.25) is 0 Å². The zero-order valence-corrected chi connectivity index (χ0v) is 13.2. The highest BCUT2D eigenvalue weighted by atomic mass is 32.2. The van der Waals surface area contributed by atoms with Crippen molar-refractivity contribution in [3.63, 3.8) is 0 Å². The van der Waals surface area contributed by atoms with E-state index in [-0.39, 0.29) is 12.0 Å². The molecule has 0 aliphatic heterocycles. The summed E-state index contributed by atoms with van der Waals surface area (Å²) in [5.74, 6) is 2.01. The van der Waals surface area contributed by atoms with Gasteiger partial charge in [0.1, 0.15) is 18.6 Å². The lowest BCUT2D eigenvalue weighted by atomic mass is 9.64. The van der Waals surface area contributed by atoms with Crippen LogP contribution in [0.1, 0.15) is 46.0 Å². The van der Waals surface area contributed by atoms with Crippen molar-refractivity contribution in [2.45, 2.75) is 56.8 Å². The van der Waals surface area contributed by atoms with E-state index in [2.05, 4.69) is 16.1 Å². The van der Waals surface area contributed by atoms with Gasteiger partial charge >= 0.3 is 5.25 Å². The summed E-state index contributed by atoms with van der Waals surface area (Å²) < 4.78 is 36.9. The maximum atomic E-state index is 13.5. The Labute approximate surface area is 123 Å². The van der Waals surface area contributed by atoms with Gasteiger partial charge < -0.3 is 4.74 Å². The molecule has 2 aliphatic carbocycles. The van der Waals surface area contributed by atoms with E-state index in [0.717, 1.165) is 18.8 Å². The molecule has 0 aromatic carbocycles. The molecule has 118 valence electrons. The molecule has 0 aromatic heterocycles. The lowest BCUT2D eigenvalue weighted by Gasteiger charge is -2.47. The largest absolute Gasteiger partial charge is 0.368 e. The molecule has 0 amide bonds. The summed E-state index contributed by atoms with van der Waals surface area (Å²) in [5.41, 5.74) is -0.426. The van der Waals surface area contributed by atoms with Gasteiger partial charge in [0, 0.05) is 0 Å². The monoisotopic (exact) mass is 310 g/mol. The molecule has 2 atom stereocenters. The Morgan fingerprint density at radius 3 is 2.35 bits per heavy atom. The van der Waals surface area contributed by atoms with Gasteiger partial charge in [-0.05, 0) is 56.8 Å². The van der Waals surface area contributed by atoms with E-state index >= 15 is 0 Å². The summed E-state index contributed by atoms with van der Waals surface area (Å²) in [6.07, 6.45) is 5.42. The number of alkyl halides is 2. The van der Waals surface area contributed by atoms with Gasteiger partial charge in [-0.1, -0.05) is 6.92 Å². The summed E-state index contributed by atoms with van der Waals surface area (Å²) in [5, 5.41) is -3.08. The van der Waals surface area contributed by atoms with E-state index in [4.69, 9.17) is 4.74 Å². The topological polar surface area (TPSA) is 27.7 Å². The lowest BCUT2D eigenvalue weighted by molar-refractivity contribution is -0.174. The molecule has 6 heteroatoms. The van der Waals surface area contributed by atoms with E-state index in [1.165, 1.54) is 26.4 Å². The second-order valence-corrected chi connectivity index (χ2v) is 7.55.